The molecular weight excluding hydrogens is 405 g/mol. The van der Waals surface area contributed by atoms with E-state index in [0.29, 0.717) is 5.56 Å². The zero-order chi connectivity index (χ0) is 22.1. The molecule has 9 heteroatoms. The van der Waals surface area contributed by atoms with Crippen LogP contribution < -0.4 is 20.0 Å². The van der Waals surface area contributed by atoms with Crippen LogP contribution in [0.4, 0.5) is 13.2 Å². The van der Waals surface area contributed by atoms with Crippen LogP contribution in [0, 0.1) is 0 Å². The van der Waals surface area contributed by atoms with Gasteiger partial charge in [0.15, 0.2) is 0 Å². The molecule has 6 nitrogen and oxygen atoms in total. The van der Waals surface area contributed by atoms with Crippen molar-refractivity contribution >= 4 is 16.9 Å². The van der Waals surface area contributed by atoms with Crippen LogP contribution in [0.2, 0.25) is 0 Å². The third-order valence-corrected chi connectivity index (χ3v) is 4.19. The van der Waals surface area contributed by atoms with Gasteiger partial charge in [0, 0.05) is 6.07 Å². The van der Waals surface area contributed by atoms with Crippen molar-refractivity contribution in [2.24, 2.45) is 0 Å². The van der Waals surface area contributed by atoms with Crippen LogP contribution in [0.1, 0.15) is 31.1 Å². The fourth-order valence-electron chi connectivity index (χ4n) is 2.83. The predicted octanol–water partition coefficient (Wildman–Crippen LogP) is 3.86. The summed E-state index contributed by atoms with van der Waals surface area (Å²) in [4.78, 5) is 23.3. The fraction of sp³-hybridized carbons (Fsp3) is 0.238. The summed E-state index contributed by atoms with van der Waals surface area (Å²) in [5.41, 5.74) is -0.822. The van der Waals surface area contributed by atoms with Gasteiger partial charge in [0.2, 0.25) is 11.2 Å². The van der Waals surface area contributed by atoms with Gasteiger partial charge >= 0.3 is 6.18 Å². The Bertz CT molecular complexity index is 1150. The lowest BCUT2D eigenvalue weighted by molar-refractivity contribution is -0.307. The van der Waals surface area contributed by atoms with Gasteiger partial charge in [-0.2, -0.15) is 13.2 Å². The second-order valence-electron chi connectivity index (χ2n) is 6.70. The molecule has 0 saturated carbocycles. The number of hydrogen-bond donors (Lipinski definition) is 0. The summed E-state index contributed by atoms with van der Waals surface area (Å²) in [6.07, 6.45) is -5.02. The number of ether oxygens (including phenoxy) is 2. The summed E-state index contributed by atoms with van der Waals surface area (Å²) in [7, 11) is 0. The van der Waals surface area contributed by atoms with Crippen LogP contribution in [0.5, 0.6) is 17.2 Å². The minimum atomic E-state index is -5.02. The van der Waals surface area contributed by atoms with Gasteiger partial charge in [0.25, 0.3) is 5.76 Å². The van der Waals surface area contributed by atoms with Gasteiger partial charge in [-0.1, -0.05) is 32.0 Å². The van der Waals surface area contributed by atoms with Crippen molar-refractivity contribution in [1.82, 2.24) is 0 Å². The predicted molar refractivity (Wildman–Crippen MR) is 98.6 cm³/mol. The molecule has 1 aromatic heterocycles. The van der Waals surface area contributed by atoms with E-state index in [1.165, 1.54) is 18.2 Å². The monoisotopic (exact) mass is 421 g/mol. The highest BCUT2D eigenvalue weighted by atomic mass is 19.4. The number of carbonyl (C=O) groups is 1. The van der Waals surface area contributed by atoms with Crippen molar-refractivity contribution in [3.63, 3.8) is 0 Å². The largest absolute Gasteiger partial charge is 0.546 e. The lowest BCUT2D eigenvalue weighted by Gasteiger charge is -2.16. The van der Waals surface area contributed by atoms with E-state index in [1.54, 1.807) is 18.2 Å². The van der Waals surface area contributed by atoms with Crippen LogP contribution in [-0.2, 0) is 11.0 Å². The SMILES string of the molecule is CC(C)c1ccccc1Oc1c(C(F)(F)F)oc2cc(OCC(=O)[O-])ccc2c1=O. The number of benzene rings is 2. The van der Waals surface area contributed by atoms with Gasteiger partial charge in [-0.3, -0.25) is 4.79 Å². The van der Waals surface area contributed by atoms with Gasteiger partial charge in [-0.05, 0) is 29.7 Å². The molecule has 0 fully saturated rings. The number of rotatable bonds is 6. The minimum absolute atomic E-state index is 0.0635. The second-order valence-corrected chi connectivity index (χ2v) is 6.70. The molecule has 0 radical (unpaired) electrons. The van der Waals surface area contributed by atoms with Crippen molar-refractivity contribution in [2.45, 2.75) is 25.9 Å². The number of carboxylic acid groups (broad SMARTS) is 1. The normalized spacial score (nSPS) is 11.7. The Hall–Kier alpha value is -3.49. The third kappa shape index (κ3) is 4.40. The molecule has 3 rings (SSSR count). The summed E-state index contributed by atoms with van der Waals surface area (Å²) < 4.78 is 56.2. The Morgan fingerprint density at radius 3 is 2.50 bits per heavy atom. The van der Waals surface area contributed by atoms with Crippen LogP contribution in [0.3, 0.4) is 0 Å². The van der Waals surface area contributed by atoms with Crippen LogP contribution in [-0.4, -0.2) is 12.6 Å². The van der Waals surface area contributed by atoms with E-state index in [4.69, 9.17) is 13.9 Å². The highest BCUT2D eigenvalue weighted by Gasteiger charge is 2.40. The quantitative estimate of drug-likeness (QED) is 0.601. The average molecular weight is 421 g/mol. The van der Waals surface area contributed by atoms with E-state index in [1.807, 2.05) is 13.8 Å². The van der Waals surface area contributed by atoms with E-state index in [0.717, 1.165) is 6.07 Å². The van der Waals surface area contributed by atoms with Crippen LogP contribution in [0.25, 0.3) is 11.0 Å². The summed E-state index contributed by atoms with van der Waals surface area (Å²) in [5.74, 6) is -4.14. The summed E-state index contributed by atoms with van der Waals surface area (Å²) in [5, 5.41) is 10.3. The Kier molecular flexibility index (Phi) is 5.73. The number of carbonyl (C=O) groups excluding carboxylic acids is 1. The lowest BCUT2D eigenvalue weighted by atomic mass is 10.0. The van der Waals surface area contributed by atoms with Gasteiger partial charge in [-0.25, -0.2) is 0 Å². The van der Waals surface area contributed by atoms with Crippen molar-refractivity contribution in [1.29, 1.82) is 0 Å². The second kappa shape index (κ2) is 8.10. The molecular formula is C21H16F3O6-. The Morgan fingerprint density at radius 2 is 1.87 bits per heavy atom. The minimum Gasteiger partial charge on any atom is -0.546 e. The molecule has 1 heterocycles. The zero-order valence-electron chi connectivity index (χ0n) is 15.9. The number of para-hydroxylation sites is 1. The van der Waals surface area contributed by atoms with E-state index in [-0.39, 0.29) is 22.8 Å². The molecule has 0 aliphatic rings. The molecule has 0 unspecified atom stereocenters. The molecule has 30 heavy (non-hydrogen) atoms. The number of hydrogen-bond acceptors (Lipinski definition) is 6. The Balaban J connectivity index is 2.16. The molecule has 0 N–H and O–H groups in total. The number of aliphatic carboxylic acids is 1. The van der Waals surface area contributed by atoms with E-state index in [2.05, 4.69) is 0 Å². The molecule has 0 spiro atoms. The Morgan fingerprint density at radius 1 is 1.17 bits per heavy atom. The summed E-state index contributed by atoms with van der Waals surface area (Å²) >= 11 is 0. The topological polar surface area (TPSA) is 88.8 Å². The molecule has 0 aliphatic heterocycles. The maximum Gasteiger partial charge on any atom is 0.453 e. The van der Waals surface area contributed by atoms with E-state index in [9.17, 15) is 27.9 Å². The summed E-state index contributed by atoms with van der Waals surface area (Å²) in [6.45, 7) is 2.86. The molecule has 3 aromatic rings. The first-order chi connectivity index (χ1) is 14.1. The first-order valence-corrected chi connectivity index (χ1v) is 8.85. The van der Waals surface area contributed by atoms with Crippen LogP contribution >= 0.6 is 0 Å². The van der Waals surface area contributed by atoms with E-state index >= 15 is 0 Å². The zero-order valence-corrected chi connectivity index (χ0v) is 15.9. The lowest BCUT2D eigenvalue weighted by Crippen LogP contribution is -2.28. The van der Waals surface area contributed by atoms with Gasteiger partial charge < -0.3 is 23.8 Å². The van der Waals surface area contributed by atoms with Gasteiger partial charge in [0.1, 0.15) is 23.7 Å². The average Bonchev–Trinajstić information content (AvgIpc) is 2.67. The smallest absolute Gasteiger partial charge is 0.453 e. The number of carboxylic acids is 1. The van der Waals surface area contributed by atoms with Crippen molar-refractivity contribution < 1.29 is 37.0 Å². The Labute approximate surface area is 168 Å². The van der Waals surface area contributed by atoms with Crippen molar-refractivity contribution in [3.8, 4) is 17.2 Å². The van der Waals surface area contributed by atoms with Gasteiger partial charge in [0.05, 0.1) is 11.4 Å². The third-order valence-electron chi connectivity index (χ3n) is 4.19. The molecule has 0 bridgehead atoms. The molecule has 0 amide bonds. The number of fused-ring (bicyclic) bond motifs is 1. The fourth-order valence-corrected chi connectivity index (χ4v) is 2.83. The molecule has 158 valence electrons. The van der Waals surface area contributed by atoms with E-state index < -0.39 is 41.3 Å². The molecule has 0 aliphatic carbocycles. The van der Waals surface area contributed by atoms with Crippen molar-refractivity contribution in [2.75, 3.05) is 6.61 Å². The first kappa shape index (κ1) is 21.2. The standard InChI is InChI=1S/C21H17F3O6/c1-11(2)13-5-3-4-6-15(13)29-19-18(27)14-8-7-12(28-10-17(25)26)9-16(14)30-20(19)21(22,23)24/h3-9,11H,10H2,1-2H3,(H,25,26)/p-1. The number of alkyl halides is 3. The van der Waals surface area contributed by atoms with Crippen molar-refractivity contribution in [3.05, 3.63) is 64.0 Å². The molecule has 0 saturated heterocycles. The molecule has 2 aromatic carbocycles. The maximum atomic E-state index is 13.6. The highest BCUT2D eigenvalue weighted by Crippen LogP contribution is 2.40. The first-order valence-electron chi connectivity index (χ1n) is 8.85. The molecule has 0 atom stereocenters. The maximum absolute atomic E-state index is 13.6. The highest BCUT2D eigenvalue weighted by molar-refractivity contribution is 5.80. The summed E-state index contributed by atoms with van der Waals surface area (Å²) in [6, 6.07) is 9.87. The van der Waals surface area contributed by atoms with Gasteiger partial charge in [-0.15, -0.1) is 0 Å². The number of halogens is 3. The van der Waals surface area contributed by atoms with Crippen LogP contribution in [0.15, 0.2) is 51.7 Å².